The van der Waals surface area contributed by atoms with Crippen molar-refractivity contribution in [1.29, 1.82) is 0 Å². The van der Waals surface area contributed by atoms with Crippen molar-refractivity contribution in [3.05, 3.63) is 36.0 Å². The number of quaternary nitrogens is 1. The number of carbonyl (C=O) groups is 3. The van der Waals surface area contributed by atoms with Crippen LogP contribution in [0.4, 0.5) is 0 Å². The number of carbonyl (C=O) groups excluding carboxylic acids is 3. The van der Waals surface area contributed by atoms with Crippen LogP contribution in [0, 0.1) is 11.8 Å². The van der Waals surface area contributed by atoms with E-state index >= 15 is 0 Å². The molecule has 55 heavy (non-hydrogen) atoms. The van der Waals surface area contributed by atoms with E-state index in [2.05, 4.69) is 26.0 Å². The minimum atomic E-state index is -4.41. The molecule has 0 saturated carbocycles. The predicted molar refractivity (Wildman–Crippen MR) is 221 cm³/mol. The summed E-state index contributed by atoms with van der Waals surface area (Å²) in [6.07, 6.45) is 32.6. The van der Waals surface area contributed by atoms with Gasteiger partial charge in [0.25, 0.3) is 0 Å². The fourth-order valence-corrected chi connectivity index (χ4v) is 7.46. The number of hydrogen-bond donors (Lipinski definition) is 1. The third-order valence-electron chi connectivity index (χ3n) is 10.4. The molecule has 11 heteroatoms. The van der Waals surface area contributed by atoms with Crippen molar-refractivity contribution in [2.24, 2.45) is 11.8 Å². The SMILES string of the molecule is CCCCC/C=C\CC1C=CC(=O)/C1=C/C1OC1CCCC(=O)[C@H](COC(=O)CCCCCCCCCCCCCCC)COP(=O)(O)OCC[N+](C)(C)C. The van der Waals surface area contributed by atoms with E-state index in [0.29, 0.717) is 23.9 Å². The second kappa shape index (κ2) is 28.5. The molecule has 4 unspecified atom stereocenters. The monoisotopic (exact) mass is 795 g/mol. The number of esters is 1. The summed E-state index contributed by atoms with van der Waals surface area (Å²) in [5.74, 6) is -1.39. The zero-order valence-electron chi connectivity index (χ0n) is 35.2. The fourth-order valence-electron chi connectivity index (χ4n) is 6.70. The van der Waals surface area contributed by atoms with Gasteiger partial charge in [-0.25, -0.2) is 4.57 Å². The molecule has 0 spiro atoms. The molecule has 2 aliphatic rings. The minimum absolute atomic E-state index is 0.0148. The molecule has 0 bridgehead atoms. The highest BCUT2D eigenvalue weighted by Crippen LogP contribution is 2.43. The molecule has 0 radical (unpaired) electrons. The number of ether oxygens (including phenoxy) is 2. The summed E-state index contributed by atoms with van der Waals surface area (Å²) in [5, 5.41) is 0. The number of ketones is 2. The lowest BCUT2D eigenvalue weighted by Crippen LogP contribution is -2.37. The van der Waals surface area contributed by atoms with Crippen LogP contribution in [0.25, 0.3) is 0 Å². The van der Waals surface area contributed by atoms with Gasteiger partial charge in [0.05, 0.1) is 39.8 Å². The standard InChI is InChI=1S/C44H76NO9P/c1-6-8-10-12-14-15-16-17-18-19-20-22-24-29-44(48)51-35-38(36-53-55(49,50)52-33-32-45(3,4)5)40(46)27-25-28-42-43(54-42)34-39-37(30-31-41(39)47)26-23-21-13-11-9-7-2/h21,23,30-31,34,37-38,42-43H,6-20,22,24-29,32-33,35-36H2,1-5H3/p+1/b23-21-,39-34+/t37?,38-,42?,43?/m1/s1. The van der Waals surface area contributed by atoms with Crippen molar-refractivity contribution in [2.45, 2.75) is 167 Å². The lowest BCUT2D eigenvalue weighted by molar-refractivity contribution is -0.870. The Morgan fingerprint density at radius 2 is 1.45 bits per heavy atom. The van der Waals surface area contributed by atoms with Gasteiger partial charge >= 0.3 is 13.8 Å². The van der Waals surface area contributed by atoms with Gasteiger partial charge < -0.3 is 18.9 Å². The van der Waals surface area contributed by atoms with Crippen molar-refractivity contribution in [2.75, 3.05) is 47.5 Å². The summed E-state index contributed by atoms with van der Waals surface area (Å²) >= 11 is 0. The van der Waals surface area contributed by atoms with E-state index in [-0.39, 0.29) is 68.3 Å². The van der Waals surface area contributed by atoms with Gasteiger partial charge in [0.1, 0.15) is 31.6 Å². The van der Waals surface area contributed by atoms with Gasteiger partial charge in [-0.3, -0.25) is 23.4 Å². The largest absolute Gasteiger partial charge is 0.472 e. The first-order chi connectivity index (χ1) is 26.3. The number of unbranched alkanes of at least 4 members (excludes halogenated alkanes) is 15. The van der Waals surface area contributed by atoms with Crippen LogP contribution in [0.5, 0.6) is 0 Å². The van der Waals surface area contributed by atoms with Crippen molar-refractivity contribution >= 4 is 25.4 Å². The second-order valence-corrected chi connectivity index (χ2v) is 18.1. The summed E-state index contributed by atoms with van der Waals surface area (Å²) in [5.41, 5.74) is 0.775. The topological polar surface area (TPSA) is 129 Å². The van der Waals surface area contributed by atoms with Crippen LogP contribution in [-0.2, 0) is 37.5 Å². The number of allylic oxidation sites excluding steroid dienone is 5. The van der Waals surface area contributed by atoms with E-state index in [1.165, 1.54) is 83.5 Å². The third-order valence-corrected chi connectivity index (χ3v) is 11.4. The number of phosphoric ester groups is 1. The number of hydrogen-bond acceptors (Lipinski definition) is 8. The number of likely N-dealkylation sites (N-methyl/N-ethyl adjacent to an activating group) is 1. The van der Waals surface area contributed by atoms with Gasteiger partial charge in [-0.2, -0.15) is 0 Å². The molecule has 2 rings (SSSR count). The Labute approximate surface area is 334 Å². The molecule has 5 atom stereocenters. The lowest BCUT2D eigenvalue weighted by Gasteiger charge is -2.24. The zero-order valence-corrected chi connectivity index (χ0v) is 36.1. The molecule has 1 aliphatic heterocycles. The summed E-state index contributed by atoms with van der Waals surface area (Å²) in [4.78, 5) is 48.7. The van der Waals surface area contributed by atoms with Crippen LogP contribution >= 0.6 is 7.82 Å². The van der Waals surface area contributed by atoms with Crippen molar-refractivity contribution in [1.82, 2.24) is 0 Å². The zero-order chi connectivity index (χ0) is 40.4. The third kappa shape index (κ3) is 24.4. The Hall–Kier alpha value is -1.94. The molecule has 0 aromatic carbocycles. The van der Waals surface area contributed by atoms with Crippen LogP contribution in [0.3, 0.4) is 0 Å². The number of phosphoric acid groups is 1. The van der Waals surface area contributed by atoms with Gasteiger partial charge in [0.15, 0.2) is 5.78 Å². The van der Waals surface area contributed by atoms with Crippen molar-refractivity contribution in [3.8, 4) is 0 Å². The first kappa shape index (κ1) is 49.2. The quantitative estimate of drug-likeness (QED) is 0.0127. The molecular weight excluding hydrogens is 717 g/mol. The Bertz CT molecular complexity index is 1240. The van der Waals surface area contributed by atoms with Crippen LogP contribution in [0.1, 0.15) is 155 Å². The van der Waals surface area contributed by atoms with E-state index < -0.39 is 13.7 Å². The van der Waals surface area contributed by atoms with E-state index in [9.17, 15) is 23.8 Å². The molecule has 1 saturated heterocycles. The highest BCUT2D eigenvalue weighted by molar-refractivity contribution is 7.47. The van der Waals surface area contributed by atoms with E-state index in [4.69, 9.17) is 18.5 Å². The summed E-state index contributed by atoms with van der Waals surface area (Å²) in [6.45, 7) is 4.35. The normalized spacial score (nSPS) is 20.7. The fraction of sp³-hybridized carbons (Fsp3) is 0.795. The number of nitrogens with zero attached hydrogens (tertiary/aromatic N) is 1. The molecule has 1 N–H and O–H groups in total. The number of epoxide rings is 1. The van der Waals surface area contributed by atoms with Crippen LogP contribution in [-0.4, -0.2) is 86.6 Å². The maximum atomic E-state index is 13.3. The summed E-state index contributed by atoms with van der Waals surface area (Å²) in [7, 11) is 1.41. The van der Waals surface area contributed by atoms with Crippen molar-refractivity contribution < 1.29 is 46.8 Å². The summed E-state index contributed by atoms with van der Waals surface area (Å²) in [6, 6.07) is 0. The first-order valence-electron chi connectivity index (χ1n) is 21.7. The predicted octanol–water partition coefficient (Wildman–Crippen LogP) is 10.2. The molecular formula is C44H77NO9P+. The van der Waals surface area contributed by atoms with E-state index in [1.807, 2.05) is 33.3 Å². The number of rotatable bonds is 35. The minimum Gasteiger partial charge on any atom is -0.465 e. The molecule has 10 nitrogen and oxygen atoms in total. The Morgan fingerprint density at radius 3 is 2.09 bits per heavy atom. The Morgan fingerprint density at radius 1 is 0.836 bits per heavy atom. The average molecular weight is 795 g/mol. The first-order valence-corrected chi connectivity index (χ1v) is 23.2. The van der Waals surface area contributed by atoms with E-state index in [0.717, 1.165) is 37.7 Å². The molecule has 0 amide bonds. The molecule has 1 heterocycles. The smallest absolute Gasteiger partial charge is 0.465 e. The van der Waals surface area contributed by atoms with E-state index in [1.54, 1.807) is 6.08 Å². The van der Waals surface area contributed by atoms with Gasteiger partial charge in [-0.15, -0.1) is 0 Å². The van der Waals surface area contributed by atoms with Crippen LogP contribution in [0.2, 0.25) is 0 Å². The summed E-state index contributed by atoms with van der Waals surface area (Å²) < 4.78 is 34.9. The Balaban J connectivity index is 1.77. The lowest BCUT2D eigenvalue weighted by atomic mass is 9.96. The molecule has 1 fully saturated rings. The highest BCUT2D eigenvalue weighted by atomic mass is 31.2. The van der Waals surface area contributed by atoms with Crippen LogP contribution in [0.15, 0.2) is 36.0 Å². The second-order valence-electron chi connectivity index (χ2n) is 16.6. The number of Topliss-reactive ketones (excluding diaryl/α,β-unsaturated/α-hetero) is 1. The molecule has 0 aromatic heterocycles. The molecule has 1 aliphatic carbocycles. The van der Waals surface area contributed by atoms with Gasteiger partial charge in [0.2, 0.25) is 0 Å². The van der Waals surface area contributed by atoms with Crippen molar-refractivity contribution in [3.63, 3.8) is 0 Å². The van der Waals surface area contributed by atoms with Gasteiger partial charge in [-0.05, 0) is 50.7 Å². The maximum absolute atomic E-state index is 13.3. The van der Waals surface area contributed by atoms with Gasteiger partial charge in [0, 0.05) is 24.3 Å². The average Bonchev–Trinajstić information content (AvgIpc) is 3.78. The molecule has 316 valence electrons. The maximum Gasteiger partial charge on any atom is 0.472 e. The molecule has 0 aromatic rings. The van der Waals surface area contributed by atoms with Crippen LogP contribution < -0.4 is 0 Å². The van der Waals surface area contributed by atoms with Gasteiger partial charge in [-0.1, -0.05) is 122 Å². The highest BCUT2D eigenvalue weighted by Gasteiger charge is 2.38. The Kier molecular flexibility index (Phi) is 25.5.